The van der Waals surface area contributed by atoms with Crippen LogP contribution in [-0.4, -0.2) is 10.1 Å². The van der Waals surface area contributed by atoms with Gasteiger partial charge in [0.05, 0.1) is 0 Å². The second-order valence-corrected chi connectivity index (χ2v) is 3.40. The highest BCUT2D eigenvalue weighted by Crippen LogP contribution is 2.19. The molecule has 1 heterocycles. The highest BCUT2D eigenvalue weighted by atomic mass is 19.1. The summed E-state index contributed by atoms with van der Waals surface area (Å²) in [5.41, 5.74) is -0.194. The van der Waals surface area contributed by atoms with Crippen LogP contribution in [0.4, 0.5) is 4.39 Å². The summed E-state index contributed by atoms with van der Waals surface area (Å²) in [5, 5.41) is 3.44. The number of alkyl halides is 1. The number of rotatable bonds is 1. The Labute approximate surface area is 64.6 Å². The van der Waals surface area contributed by atoms with Crippen LogP contribution in [0.15, 0.2) is 4.52 Å². The molecule has 0 amide bonds. The molecule has 0 unspecified atom stereocenters. The van der Waals surface area contributed by atoms with Crippen LogP contribution in [0.1, 0.15) is 32.5 Å². The summed E-state index contributed by atoms with van der Waals surface area (Å²) in [6, 6.07) is 0. The lowest BCUT2D eigenvalue weighted by molar-refractivity contribution is 0.314. The number of hydrogen-bond donors (Lipinski definition) is 0. The van der Waals surface area contributed by atoms with Gasteiger partial charge in [0.15, 0.2) is 6.67 Å². The highest BCUT2D eigenvalue weighted by Gasteiger charge is 2.21. The van der Waals surface area contributed by atoms with E-state index < -0.39 is 6.67 Å². The van der Waals surface area contributed by atoms with Crippen molar-refractivity contribution < 1.29 is 8.91 Å². The Balaban J connectivity index is 2.89. The topological polar surface area (TPSA) is 38.9 Å². The van der Waals surface area contributed by atoms with Crippen LogP contribution in [-0.2, 0) is 12.1 Å². The Morgan fingerprint density at radius 3 is 2.36 bits per heavy atom. The first-order chi connectivity index (χ1) is 5.04. The summed E-state index contributed by atoms with van der Waals surface area (Å²) in [4.78, 5) is 3.85. The normalized spacial score (nSPS) is 12.0. The summed E-state index contributed by atoms with van der Waals surface area (Å²) in [6.07, 6.45) is 0. The Hall–Kier alpha value is -0.930. The quantitative estimate of drug-likeness (QED) is 0.626. The summed E-state index contributed by atoms with van der Waals surface area (Å²) >= 11 is 0. The van der Waals surface area contributed by atoms with Gasteiger partial charge in [0.25, 0.3) is 0 Å². The van der Waals surface area contributed by atoms with Crippen LogP contribution in [0.3, 0.4) is 0 Å². The van der Waals surface area contributed by atoms with Crippen molar-refractivity contribution in [2.24, 2.45) is 0 Å². The molecule has 0 bridgehead atoms. The van der Waals surface area contributed by atoms with Crippen molar-refractivity contribution >= 4 is 0 Å². The third-order valence-electron chi connectivity index (χ3n) is 1.23. The number of hydrogen-bond acceptors (Lipinski definition) is 3. The van der Waals surface area contributed by atoms with E-state index in [1.54, 1.807) is 0 Å². The molecule has 62 valence electrons. The number of nitrogens with zero attached hydrogens (tertiary/aromatic N) is 2. The van der Waals surface area contributed by atoms with Gasteiger partial charge in [-0.15, -0.1) is 0 Å². The van der Waals surface area contributed by atoms with Crippen molar-refractivity contribution in [3.63, 3.8) is 0 Å². The minimum Gasteiger partial charge on any atom is -0.339 e. The van der Waals surface area contributed by atoms with Crippen LogP contribution in [0.5, 0.6) is 0 Å². The standard InChI is InChI=1S/C7H11FN2O/c1-7(2,3)6-9-5(4-8)10-11-6/h4H2,1-3H3. The zero-order valence-electron chi connectivity index (χ0n) is 6.89. The molecule has 3 nitrogen and oxygen atoms in total. The molecule has 0 aliphatic rings. The van der Waals surface area contributed by atoms with Crippen LogP contribution in [0.25, 0.3) is 0 Å². The van der Waals surface area contributed by atoms with Crippen molar-refractivity contribution in [1.82, 2.24) is 10.1 Å². The van der Waals surface area contributed by atoms with Gasteiger partial charge < -0.3 is 4.52 Å². The molecule has 0 aromatic carbocycles. The lowest BCUT2D eigenvalue weighted by Gasteiger charge is -2.10. The molecule has 1 rings (SSSR count). The van der Waals surface area contributed by atoms with Gasteiger partial charge >= 0.3 is 0 Å². The molecule has 1 aromatic heterocycles. The fourth-order valence-corrected chi connectivity index (χ4v) is 0.613. The molecule has 0 spiro atoms. The average molecular weight is 158 g/mol. The van der Waals surface area contributed by atoms with Gasteiger partial charge in [-0.3, -0.25) is 0 Å². The zero-order valence-corrected chi connectivity index (χ0v) is 6.89. The third kappa shape index (κ3) is 1.76. The van der Waals surface area contributed by atoms with E-state index in [2.05, 4.69) is 10.1 Å². The van der Waals surface area contributed by atoms with Crippen LogP contribution in [0, 0.1) is 0 Å². The second kappa shape index (κ2) is 2.60. The van der Waals surface area contributed by atoms with E-state index in [9.17, 15) is 4.39 Å². The first kappa shape index (κ1) is 8.17. The lowest BCUT2D eigenvalue weighted by Crippen LogP contribution is -2.11. The van der Waals surface area contributed by atoms with Crippen molar-refractivity contribution in [3.8, 4) is 0 Å². The van der Waals surface area contributed by atoms with Crippen LogP contribution in [0.2, 0.25) is 0 Å². The molecule has 1 aromatic rings. The second-order valence-electron chi connectivity index (χ2n) is 3.40. The summed E-state index contributed by atoms with van der Waals surface area (Å²) in [7, 11) is 0. The molecule has 0 aliphatic heterocycles. The van der Waals surface area contributed by atoms with Gasteiger partial charge in [0, 0.05) is 5.41 Å². The molecule has 11 heavy (non-hydrogen) atoms. The summed E-state index contributed by atoms with van der Waals surface area (Å²) < 4.78 is 16.8. The maximum Gasteiger partial charge on any atom is 0.232 e. The summed E-state index contributed by atoms with van der Waals surface area (Å²) in [6.45, 7) is 5.13. The van der Waals surface area contributed by atoms with Gasteiger partial charge in [-0.05, 0) is 0 Å². The summed E-state index contributed by atoms with van der Waals surface area (Å²) in [5.74, 6) is 0.597. The first-order valence-electron chi connectivity index (χ1n) is 3.43. The van der Waals surface area contributed by atoms with E-state index in [0.29, 0.717) is 5.89 Å². The first-order valence-corrected chi connectivity index (χ1v) is 3.43. The van der Waals surface area contributed by atoms with E-state index >= 15 is 0 Å². The minimum absolute atomic E-state index is 0.120. The van der Waals surface area contributed by atoms with Gasteiger partial charge in [-0.1, -0.05) is 25.9 Å². The molecule has 0 N–H and O–H groups in total. The molecule has 0 radical (unpaired) electrons. The van der Waals surface area contributed by atoms with Gasteiger partial charge in [-0.2, -0.15) is 4.98 Å². The maximum atomic E-state index is 11.9. The van der Waals surface area contributed by atoms with Gasteiger partial charge in [0.1, 0.15) is 0 Å². The monoisotopic (exact) mass is 158 g/mol. The minimum atomic E-state index is -0.667. The van der Waals surface area contributed by atoms with Crippen LogP contribution < -0.4 is 0 Å². The van der Waals surface area contributed by atoms with Crippen molar-refractivity contribution in [2.45, 2.75) is 32.9 Å². The van der Waals surface area contributed by atoms with E-state index in [1.807, 2.05) is 20.8 Å². The number of aromatic nitrogens is 2. The Morgan fingerprint density at radius 1 is 1.45 bits per heavy atom. The molecule has 0 atom stereocenters. The van der Waals surface area contributed by atoms with E-state index in [4.69, 9.17) is 4.52 Å². The van der Waals surface area contributed by atoms with E-state index in [1.165, 1.54) is 0 Å². The third-order valence-corrected chi connectivity index (χ3v) is 1.23. The van der Waals surface area contributed by atoms with Crippen molar-refractivity contribution in [3.05, 3.63) is 11.7 Å². The molecular weight excluding hydrogens is 147 g/mol. The predicted molar refractivity (Wildman–Crippen MR) is 37.8 cm³/mol. The molecule has 0 aliphatic carbocycles. The molecule has 0 saturated carbocycles. The smallest absolute Gasteiger partial charge is 0.232 e. The van der Waals surface area contributed by atoms with Crippen molar-refractivity contribution in [2.75, 3.05) is 0 Å². The molecule has 0 fully saturated rings. The zero-order chi connectivity index (χ0) is 8.48. The molecule has 4 heteroatoms. The number of halogens is 1. The van der Waals surface area contributed by atoms with Crippen molar-refractivity contribution in [1.29, 1.82) is 0 Å². The fourth-order valence-electron chi connectivity index (χ4n) is 0.613. The highest BCUT2D eigenvalue weighted by molar-refractivity contribution is 4.97. The van der Waals surface area contributed by atoms with E-state index in [-0.39, 0.29) is 11.2 Å². The molecular formula is C7H11FN2O. The average Bonchev–Trinajstić information content (AvgIpc) is 2.32. The van der Waals surface area contributed by atoms with Crippen LogP contribution >= 0.6 is 0 Å². The fraction of sp³-hybridized carbons (Fsp3) is 0.714. The van der Waals surface area contributed by atoms with Gasteiger partial charge in [0.2, 0.25) is 11.7 Å². The largest absolute Gasteiger partial charge is 0.339 e. The van der Waals surface area contributed by atoms with E-state index in [0.717, 1.165) is 0 Å². The Bertz CT molecular complexity index is 239. The predicted octanol–water partition coefficient (Wildman–Crippen LogP) is 1.84. The lowest BCUT2D eigenvalue weighted by atomic mass is 9.97. The Kier molecular flexibility index (Phi) is 1.93. The Morgan fingerprint density at radius 2 is 2.09 bits per heavy atom. The maximum absolute atomic E-state index is 11.9. The molecule has 0 saturated heterocycles. The van der Waals surface area contributed by atoms with Gasteiger partial charge in [-0.25, -0.2) is 4.39 Å². The SMILES string of the molecule is CC(C)(C)c1nc(CF)no1.